The molecule has 1 aliphatic carbocycles. The van der Waals surface area contributed by atoms with Crippen LogP contribution in [0.25, 0.3) is 0 Å². The van der Waals surface area contributed by atoms with Crippen molar-refractivity contribution in [3.05, 3.63) is 0 Å². The molecule has 1 saturated carbocycles. The molecule has 2 saturated heterocycles. The summed E-state index contributed by atoms with van der Waals surface area (Å²) in [6.45, 7) is 18.7. The number of aliphatic hydroxyl groups excluding tert-OH is 1. The maximum atomic E-state index is 12.9. The third-order valence-corrected chi connectivity index (χ3v) is 12.8. The largest absolute Gasteiger partial charge is 0.460 e. The SMILES string of the molecule is C[C@H]1[C@H](O[Si](C)(C)C(C)(C)C)[C@@H](C)OC(=O)[C@H](C)[C@H](O)[C@@]2(C)OC3(CCCCC3)O[C@H]12. The van der Waals surface area contributed by atoms with Crippen LogP contribution in [0.4, 0.5) is 0 Å². The Morgan fingerprint density at radius 1 is 1.10 bits per heavy atom. The summed E-state index contributed by atoms with van der Waals surface area (Å²) in [5.74, 6) is -1.93. The summed E-state index contributed by atoms with van der Waals surface area (Å²) in [7, 11) is -2.15. The minimum Gasteiger partial charge on any atom is -0.460 e. The van der Waals surface area contributed by atoms with Gasteiger partial charge in [0.2, 0.25) is 0 Å². The molecule has 0 aromatic heterocycles. The summed E-state index contributed by atoms with van der Waals surface area (Å²) in [5.41, 5.74) is -1.01. The molecule has 7 heteroatoms. The zero-order chi connectivity index (χ0) is 23.4. The maximum absolute atomic E-state index is 12.9. The summed E-state index contributed by atoms with van der Waals surface area (Å²) in [5, 5.41) is 11.4. The van der Waals surface area contributed by atoms with Crippen LogP contribution in [0.5, 0.6) is 0 Å². The molecule has 1 N–H and O–H groups in total. The quantitative estimate of drug-likeness (QED) is 0.476. The standard InChI is InChI=1S/C24H44O6Si/c1-15-18(29-31(8,9)22(4,5)6)17(3)27-21(26)16(2)19(25)23(7)20(15)28-24(30-23)13-11-10-12-14-24/h15-20,25H,10-14H2,1-9H3/t15-,16+,17+,18-,19-,20+,23+/m0/s1. The number of hydrogen-bond acceptors (Lipinski definition) is 6. The van der Waals surface area contributed by atoms with Gasteiger partial charge in [-0.3, -0.25) is 4.79 Å². The smallest absolute Gasteiger partial charge is 0.311 e. The van der Waals surface area contributed by atoms with Gasteiger partial charge in [-0.05, 0) is 51.7 Å². The van der Waals surface area contributed by atoms with Crippen LogP contribution in [-0.2, 0) is 23.4 Å². The van der Waals surface area contributed by atoms with E-state index >= 15 is 0 Å². The molecule has 1 spiro atoms. The first-order chi connectivity index (χ1) is 14.1. The molecule has 3 rings (SSSR count). The van der Waals surface area contributed by atoms with Crippen LogP contribution in [0.2, 0.25) is 18.1 Å². The van der Waals surface area contributed by atoms with Gasteiger partial charge in [-0.1, -0.05) is 34.1 Å². The van der Waals surface area contributed by atoms with E-state index < -0.39 is 49.9 Å². The number of ether oxygens (including phenoxy) is 3. The molecule has 0 amide bonds. The number of aliphatic hydroxyl groups is 1. The van der Waals surface area contributed by atoms with E-state index in [1.54, 1.807) is 6.92 Å². The summed E-state index contributed by atoms with van der Waals surface area (Å²) >= 11 is 0. The Morgan fingerprint density at radius 3 is 2.23 bits per heavy atom. The van der Waals surface area contributed by atoms with E-state index in [0.29, 0.717) is 0 Å². The molecule has 2 heterocycles. The number of rotatable bonds is 2. The number of esters is 1. The molecule has 2 aliphatic heterocycles. The second-order valence-corrected chi connectivity index (χ2v) is 16.6. The van der Waals surface area contributed by atoms with E-state index in [9.17, 15) is 9.90 Å². The topological polar surface area (TPSA) is 74.2 Å². The van der Waals surface area contributed by atoms with Gasteiger partial charge >= 0.3 is 5.97 Å². The minimum atomic E-state index is -2.15. The molecular formula is C24H44O6Si. The lowest BCUT2D eigenvalue weighted by Crippen LogP contribution is -2.57. The van der Waals surface area contributed by atoms with Crippen LogP contribution < -0.4 is 0 Å². The molecular weight excluding hydrogens is 412 g/mol. The van der Waals surface area contributed by atoms with Gasteiger partial charge in [0.05, 0.1) is 24.2 Å². The highest BCUT2D eigenvalue weighted by Gasteiger charge is 2.63. The number of hydrogen-bond donors (Lipinski definition) is 1. The normalized spacial score (nSPS) is 41.8. The van der Waals surface area contributed by atoms with Crippen LogP contribution in [0.1, 0.15) is 80.6 Å². The van der Waals surface area contributed by atoms with Crippen molar-refractivity contribution in [2.75, 3.05) is 0 Å². The lowest BCUT2D eigenvalue weighted by atomic mass is 9.78. The monoisotopic (exact) mass is 456 g/mol. The number of fused-ring (bicyclic) bond motifs is 1. The Balaban J connectivity index is 2.03. The summed E-state index contributed by atoms with van der Waals surface area (Å²) in [4.78, 5) is 12.9. The molecule has 3 aliphatic rings. The number of carbonyl (C=O) groups is 1. The van der Waals surface area contributed by atoms with E-state index in [2.05, 4.69) is 40.8 Å². The molecule has 0 aromatic carbocycles. The van der Waals surface area contributed by atoms with Crippen LogP contribution in [0.15, 0.2) is 0 Å². The highest BCUT2D eigenvalue weighted by molar-refractivity contribution is 6.74. The zero-order valence-corrected chi connectivity index (χ0v) is 22.0. The molecule has 0 bridgehead atoms. The highest BCUT2D eigenvalue weighted by Crippen LogP contribution is 2.51. The van der Waals surface area contributed by atoms with Crippen LogP contribution in [0, 0.1) is 11.8 Å². The van der Waals surface area contributed by atoms with Crippen molar-refractivity contribution in [2.24, 2.45) is 11.8 Å². The van der Waals surface area contributed by atoms with E-state index in [4.69, 9.17) is 18.6 Å². The van der Waals surface area contributed by atoms with Crippen LogP contribution in [-0.4, -0.2) is 55.2 Å². The van der Waals surface area contributed by atoms with E-state index in [0.717, 1.165) is 25.7 Å². The maximum Gasteiger partial charge on any atom is 0.311 e. The predicted molar refractivity (Wildman–Crippen MR) is 122 cm³/mol. The first-order valence-electron chi connectivity index (χ1n) is 12.1. The fourth-order valence-electron chi connectivity index (χ4n) is 5.30. The zero-order valence-electron chi connectivity index (χ0n) is 21.0. The second kappa shape index (κ2) is 8.39. The van der Waals surface area contributed by atoms with Gasteiger partial charge in [-0.25, -0.2) is 0 Å². The van der Waals surface area contributed by atoms with Gasteiger partial charge in [0.25, 0.3) is 0 Å². The minimum absolute atomic E-state index is 0.0165. The van der Waals surface area contributed by atoms with E-state index in [1.165, 1.54) is 6.42 Å². The third kappa shape index (κ3) is 4.50. The van der Waals surface area contributed by atoms with E-state index in [1.807, 2.05) is 13.8 Å². The second-order valence-electron chi connectivity index (χ2n) is 11.9. The first-order valence-corrected chi connectivity index (χ1v) is 15.0. The van der Waals surface area contributed by atoms with E-state index in [-0.39, 0.29) is 17.1 Å². The van der Waals surface area contributed by atoms with Crippen molar-refractivity contribution in [3.8, 4) is 0 Å². The fraction of sp³-hybridized carbons (Fsp3) is 0.958. The predicted octanol–water partition coefficient (Wildman–Crippen LogP) is 4.79. The third-order valence-electron chi connectivity index (χ3n) is 8.36. The van der Waals surface area contributed by atoms with Crippen molar-refractivity contribution in [2.45, 2.75) is 135 Å². The molecule has 7 atom stereocenters. The van der Waals surface area contributed by atoms with Crippen molar-refractivity contribution in [3.63, 3.8) is 0 Å². The average molecular weight is 457 g/mol. The molecule has 6 nitrogen and oxygen atoms in total. The highest BCUT2D eigenvalue weighted by atomic mass is 28.4. The molecule has 0 unspecified atom stereocenters. The number of carbonyl (C=O) groups excluding carboxylic acids is 1. The Labute approximate surface area is 189 Å². The Morgan fingerprint density at radius 2 is 1.68 bits per heavy atom. The fourth-order valence-corrected chi connectivity index (χ4v) is 6.74. The van der Waals surface area contributed by atoms with Gasteiger partial charge in [-0.15, -0.1) is 0 Å². The molecule has 180 valence electrons. The first kappa shape index (κ1) is 25.2. The molecule has 31 heavy (non-hydrogen) atoms. The summed E-state index contributed by atoms with van der Waals surface area (Å²) < 4.78 is 26.0. The Hall–Kier alpha value is -0.473. The van der Waals surface area contributed by atoms with Crippen molar-refractivity contribution in [1.29, 1.82) is 0 Å². The Bertz CT molecular complexity index is 667. The van der Waals surface area contributed by atoms with Gasteiger partial charge in [0, 0.05) is 18.8 Å². The van der Waals surface area contributed by atoms with Gasteiger partial charge in [0.15, 0.2) is 14.1 Å². The average Bonchev–Trinajstić information content (AvgIpc) is 2.96. The van der Waals surface area contributed by atoms with Crippen LogP contribution in [0.3, 0.4) is 0 Å². The van der Waals surface area contributed by atoms with Crippen LogP contribution >= 0.6 is 0 Å². The lowest BCUT2D eigenvalue weighted by Gasteiger charge is -2.44. The summed E-state index contributed by atoms with van der Waals surface area (Å²) in [6, 6.07) is 0. The molecule has 3 fully saturated rings. The van der Waals surface area contributed by atoms with Crippen molar-refractivity contribution in [1.82, 2.24) is 0 Å². The lowest BCUT2D eigenvalue weighted by molar-refractivity contribution is -0.225. The molecule has 0 radical (unpaired) electrons. The Kier molecular flexibility index (Phi) is 6.81. The van der Waals surface area contributed by atoms with Crippen molar-refractivity contribution >= 4 is 14.3 Å². The number of cyclic esters (lactones) is 1. The summed E-state index contributed by atoms with van der Waals surface area (Å²) in [6.07, 6.45) is 2.71. The van der Waals surface area contributed by atoms with Gasteiger partial charge < -0.3 is 23.7 Å². The van der Waals surface area contributed by atoms with Crippen molar-refractivity contribution < 1.29 is 28.5 Å². The van der Waals surface area contributed by atoms with Gasteiger partial charge in [-0.2, -0.15) is 0 Å². The van der Waals surface area contributed by atoms with Gasteiger partial charge in [0.1, 0.15) is 11.7 Å². The molecule has 0 aromatic rings.